The topological polar surface area (TPSA) is 137 Å². The summed E-state index contributed by atoms with van der Waals surface area (Å²) in [5, 5.41) is 0.991. The Kier molecular flexibility index (Phi) is 14.5. The van der Waals surface area contributed by atoms with Crippen molar-refractivity contribution in [2.75, 3.05) is 28.4 Å². The SMILES string of the molecule is CC[C@H]1CCC[C@H](O[C@H]2CC[C@H](N(C)Cc3ccc(C)o3)C(C)O2)[C@@H](C)C(=O)C2=C[C@H]3[C@@H]4C[C@H](O[C@@H]5O[C@@H](C)[C@H](OC)C(OC)C5OC)C[C@H]4c4sc(C)nc4[C@H]3[C@@H]2CC(=O)O1. The number of Topliss-reactive ketones (excluding diaryl/α,β-unsaturated/α-hetero) is 1. The maximum absolute atomic E-state index is 15.1. The first kappa shape index (κ1) is 46.0. The number of hydrogen-bond donors (Lipinski definition) is 0. The Morgan fingerprint density at radius 1 is 0.887 bits per heavy atom. The molecule has 1 saturated carbocycles. The molecule has 0 aromatic carbocycles. The molecular formula is C48H70N2O11S. The van der Waals surface area contributed by atoms with Gasteiger partial charge >= 0.3 is 5.97 Å². The highest BCUT2D eigenvalue weighted by Crippen LogP contribution is 2.62. The smallest absolute Gasteiger partial charge is 0.306 e. The van der Waals surface area contributed by atoms with E-state index < -0.39 is 24.6 Å². The number of fused-ring (bicyclic) bond motifs is 8. The van der Waals surface area contributed by atoms with Crippen LogP contribution in [0.15, 0.2) is 28.2 Å². The molecule has 6 aliphatic rings. The summed E-state index contributed by atoms with van der Waals surface area (Å²) in [7, 11) is 7.10. The van der Waals surface area contributed by atoms with Crippen molar-refractivity contribution in [2.24, 2.45) is 23.7 Å². The summed E-state index contributed by atoms with van der Waals surface area (Å²) in [6.45, 7) is 12.9. The summed E-state index contributed by atoms with van der Waals surface area (Å²) in [6.07, 6.45) is 5.26. The lowest BCUT2D eigenvalue weighted by Gasteiger charge is -2.44. The molecule has 17 atom stereocenters. The third-order valence-corrected chi connectivity index (χ3v) is 16.2. The Labute approximate surface area is 371 Å². The summed E-state index contributed by atoms with van der Waals surface area (Å²) in [5.41, 5.74) is 1.75. The molecule has 4 fully saturated rings. The second-order valence-electron chi connectivity index (χ2n) is 18.9. The van der Waals surface area contributed by atoms with Crippen molar-refractivity contribution >= 4 is 23.1 Å². The van der Waals surface area contributed by atoms with Crippen LogP contribution in [-0.2, 0) is 54.0 Å². The van der Waals surface area contributed by atoms with Crippen molar-refractivity contribution in [3.63, 3.8) is 0 Å². The second kappa shape index (κ2) is 19.5. The largest absolute Gasteiger partial charge is 0.465 e. The summed E-state index contributed by atoms with van der Waals surface area (Å²) < 4.78 is 56.4. The van der Waals surface area contributed by atoms with Crippen molar-refractivity contribution in [1.29, 1.82) is 0 Å². The number of cyclic esters (lactones) is 1. The number of thiazole rings is 1. The molecule has 0 bridgehead atoms. The average Bonchev–Trinajstić information content (AvgIpc) is 4.03. The number of nitrogens with zero attached hydrogens (tertiary/aromatic N) is 2. The molecule has 14 heteroatoms. The van der Waals surface area contributed by atoms with Gasteiger partial charge in [0.05, 0.1) is 48.1 Å². The molecule has 3 aliphatic heterocycles. The molecule has 344 valence electrons. The van der Waals surface area contributed by atoms with Crippen LogP contribution in [0, 0.1) is 37.5 Å². The molecule has 8 rings (SSSR count). The summed E-state index contributed by atoms with van der Waals surface area (Å²) in [5.74, 6) is 1.15. The van der Waals surface area contributed by atoms with Gasteiger partial charge in [-0.05, 0) is 116 Å². The number of rotatable bonds is 11. The maximum atomic E-state index is 15.1. The van der Waals surface area contributed by atoms with Crippen LogP contribution in [0.5, 0.6) is 0 Å². The van der Waals surface area contributed by atoms with Crippen LogP contribution < -0.4 is 0 Å². The van der Waals surface area contributed by atoms with E-state index in [0.717, 1.165) is 66.3 Å². The van der Waals surface area contributed by atoms with Crippen LogP contribution in [-0.4, -0.2) is 117 Å². The minimum atomic E-state index is -0.638. The van der Waals surface area contributed by atoms with E-state index in [4.69, 9.17) is 47.3 Å². The molecule has 0 radical (unpaired) electrons. The lowest BCUT2D eigenvalue weighted by molar-refractivity contribution is -0.314. The summed E-state index contributed by atoms with van der Waals surface area (Å²) >= 11 is 1.74. The molecule has 0 amide bonds. The first-order valence-electron chi connectivity index (χ1n) is 23.2. The predicted molar refractivity (Wildman–Crippen MR) is 232 cm³/mol. The Bertz CT molecular complexity index is 1900. The Hall–Kier alpha value is -2.53. The Balaban J connectivity index is 1.03. The number of esters is 1. The van der Waals surface area contributed by atoms with Gasteiger partial charge in [-0.15, -0.1) is 11.3 Å². The Morgan fingerprint density at radius 3 is 2.35 bits per heavy atom. The maximum Gasteiger partial charge on any atom is 0.306 e. The second-order valence-corrected chi connectivity index (χ2v) is 20.2. The first-order valence-corrected chi connectivity index (χ1v) is 24.0. The van der Waals surface area contributed by atoms with Crippen LogP contribution in [0.25, 0.3) is 0 Å². The van der Waals surface area contributed by atoms with E-state index in [1.807, 2.05) is 32.9 Å². The quantitative estimate of drug-likeness (QED) is 0.203. The van der Waals surface area contributed by atoms with Gasteiger partial charge in [-0.2, -0.15) is 0 Å². The van der Waals surface area contributed by atoms with Crippen LogP contribution in [0.4, 0.5) is 0 Å². The minimum Gasteiger partial charge on any atom is -0.465 e. The molecular weight excluding hydrogens is 813 g/mol. The lowest BCUT2D eigenvalue weighted by atomic mass is 9.67. The van der Waals surface area contributed by atoms with Crippen molar-refractivity contribution in [1.82, 2.24) is 9.88 Å². The number of likely N-dealkylation sites (N-methyl/N-ethyl adjacent to an activating group) is 1. The van der Waals surface area contributed by atoms with Crippen molar-refractivity contribution < 1.29 is 51.9 Å². The number of allylic oxidation sites excluding steroid dienone is 2. The monoisotopic (exact) mass is 882 g/mol. The van der Waals surface area contributed by atoms with Gasteiger partial charge in [0.25, 0.3) is 0 Å². The molecule has 3 aliphatic carbocycles. The third kappa shape index (κ3) is 9.16. The molecule has 13 nitrogen and oxygen atoms in total. The molecule has 0 spiro atoms. The fourth-order valence-corrected chi connectivity index (χ4v) is 13.2. The number of carbonyl (C=O) groups excluding carboxylic acids is 2. The van der Waals surface area contributed by atoms with Gasteiger partial charge in [-0.3, -0.25) is 14.5 Å². The van der Waals surface area contributed by atoms with Crippen LogP contribution in [0.1, 0.15) is 124 Å². The summed E-state index contributed by atoms with van der Waals surface area (Å²) in [4.78, 5) is 37.8. The van der Waals surface area contributed by atoms with Gasteiger partial charge in [-0.25, -0.2) is 4.98 Å². The number of methoxy groups -OCH3 is 3. The highest BCUT2D eigenvalue weighted by Gasteiger charge is 2.57. The molecule has 62 heavy (non-hydrogen) atoms. The van der Waals surface area contributed by atoms with E-state index in [-0.39, 0.29) is 96.5 Å². The average molecular weight is 883 g/mol. The zero-order chi connectivity index (χ0) is 44.0. The molecule has 0 N–H and O–H groups in total. The highest BCUT2D eigenvalue weighted by atomic mass is 32.1. The normalized spacial score (nSPS) is 40.2. The first-order chi connectivity index (χ1) is 29.8. The number of carbonyl (C=O) groups is 2. The van der Waals surface area contributed by atoms with E-state index in [1.165, 1.54) is 4.88 Å². The van der Waals surface area contributed by atoms with Crippen LogP contribution in [0.3, 0.4) is 0 Å². The summed E-state index contributed by atoms with van der Waals surface area (Å²) in [6, 6.07) is 4.24. The molecule has 3 saturated heterocycles. The standard InChI is InChI=1S/C48H70N2O11S/c1-11-29-13-12-14-38(61-40-18-17-37(26(4)57-40)50(7)23-30-16-15-24(2)56-30)25(3)43(52)35-21-33-32-19-31(60-48-46(55-10)45(54-9)44(53-8)27(5)58-48)20-36(32)47-42(49-28(6)62-47)41(33)34(35)22-39(51)59-29/h15-16,21,25-27,29,31-34,36-38,40-41,44-46,48H,11-14,17-20,22-23H2,1-10H3/t25-,26?,27+,29+,31+,32+,33+,34-,36-,37+,38+,40+,41-,44+,45?,46?,48+/m1/s1. The van der Waals surface area contributed by atoms with Gasteiger partial charge in [0, 0.05) is 55.9 Å². The van der Waals surface area contributed by atoms with Gasteiger partial charge < -0.3 is 42.3 Å². The van der Waals surface area contributed by atoms with Gasteiger partial charge in [-0.1, -0.05) is 19.9 Å². The van der Waals surface area contributed by atoms with Crippen LogP contribution in [0.2, 0.25) is 0 Å². The molecule has 2 aromatic rings. The molecule has 2 aromatic heterocycles. The van der Waals surface area contributed by atoms with Crippen molar-refractivity contribution in [2.45, 2.75) is 185 Å². The zero-order valence-corrected chi connectivity index (χ0v) is 39.2. The van der Waals surface area contributed by atoms with E-state index >= 15 is 4.79 Å². The number of ether oxygens (including phenoxy) is 8. The zero-order valence-electron chi connectivity index (χ0n) is 38.4. The number of hydrogen-bond acceptors (Lipinski definition) is 14. The third-order valence-electron chi connectivity index (χ3n) is 15.1. The minimum absolute atomic E-state index is 0.00794. The van der Waals surface area contributed by atoms with Gasteiger partial charge in [0.15, 0.2) is 18.4 Å². The van der Waals surface area contributed by atoms with Crippen molar-refractivity contribution in [3.8, 4) is 0 Å². The van der Waals surface area contributed by atoms with E-state index in [0.29, 0.717) is 19.4 Å². The van der Waals surface area contributed by atoms with E-state index in [9.17, 15) is 4.79 Å². The Morgan fingerprint density at radius 2 is 1.66 bits per heavy atom. The number of furan rings is 1. The molecule has 3 unspecified atom stereocenters. The van der Waals surface area contributed by atoms with Gasteiger partial charge in [0.1, 0.15) is 35.9 Å². The fourth-order valence-electron chi connectivity index (χ4n) is 12.0. The fraction of sp³-hybridized carbons (Fsp3) is 0.771. The number of aryl methyl sites for hydroxylation is 2. The number of ketones is 1. The predicted octanol–water partition coefficient (Wildman–Crippen LogP) is 7.80. The lowest BCUT2D eigenvalue weighted by Crippen LogP contribution is -2.59. The van der Waals surface area contributed by atoms with Crippen LogP contribution >= 0.6 is 11.3 Å². The van der Waals surface area contributed by atoms with Gasteiger partial charge in [0.2, 0.25) is 0 Å². The van der Waals surface area contributed by atoms with Crippen molar-refractivity contribution in [3.05, 3.63) is 50.9 Å². The van der Waals surface area contributed by atoms with E-state index in [2.05, 4.69) is 38.8 Å². The number of aromatic nitrogens is 1. The van der Waals surface area contributed by atoms with E-state index in [1.54, 1.807) is 32.7 Å². The highest BCUT2D eigenvalue weighted by molar-refractivity contribution is 7.11. The molecule has 5 heterocycles.